The zero-order chi connectivity index (χ0) is 34.4. The first-order valence-corrected chi connectivity index (χ1v) is 15.7. The topological polar surface area (TPSA) is 127 Å². The zero-order valence-corrected chi connectivity index (χ0v) is 25.5. The maximum atomic E-state index is 14.0. The minimum Gasteiger partial charge on any atom is -0.386 e. The number of halogens is 3. The number of thiazole rings is 1. The normalized spacial score (nSPS) is 24.7. The van der Waals surface area contributed by atoms with Crippen LogP contribution < -0.4 is 16.3 Å². The number of alkyl halides is 3. The third-order valence-electron chi connectivity index (χ3n) is 9.59. The van der Waals surface area contributed by atoms with Crippen LogP contribution in [0.3, 0.4) is 0 Å². The second kappa shape index (κ2) is 10.1. The molecule has 0 unspecified atom stereocenters. The van der Waals surface area contributed by atoms with E-state index in [4.69, 9.17) is 4.11 Å². The van der Waals surface area contributed by atoms with Gasteiger partial charge in [0.25, 0.3) is 0 Å². The van der Waals surface area contributed by atoms with Crippen molar-refractivity contribution in [3.8, 4) is 10.7 Å². The summed E-state index contributed by atoms with van der Waals surface area (Å²) in [6.45, 7) is 0.264. The van der Waals surface area contributed by atoms with Crippen LogP contribution in [0, 0.1) is 5.41 Å². The van der Waals surface area contributed by atoms with Gasteiger partial charge in [-0.05, 0) is 82.9 Å². The molecule has 1 amide bonds. The number of nitrogens with one attached hydrogen (secondary N) is 2. The standard InChI is InChI=1S/C31H34F3N7O3S/c1-28(2,44)17-12-19(25-36-16-22(45-25)31(32,33)34)38-24(13-17)39-23-14-20-21(15-35-23)40(3)27(43)41(20)30-9-6-29(7-10-30,8-11-30)26(42)37-18-4-5-18/h12-16,18,44H,4-11H2,1-3H3,(H,37,42)(H,35,38,39)/i3D3. The van der Waals surface area contributed by atoms with E-state index >= 15 is 0 Å². The van der Waals surface area contributed by atoms with E-state index in [1.54, 1.807) is 10.6 Å². The number of fused-ring (bicyclic) bond motifs is 4. The fraction of sp³-hybridized carbons (Fsp3) is 0.516. The summed E-state index contributed by atoms with van der Waals surface area (Å²) in [5.41, 5.74) is -2.34. The molecule has 0 radical (unpaired) electrons. The van der Waals surface area contributed by atoms with E-state index in [1.807, 2.05) is 0 Å². The number of aliphatic hydroxyl groups is 1. The molecule has 8 rings (SSSR count). The first kappa shape index (κ1) is 26.4. The number of aromatic nitrogens is 5. The zero-order valence-electron chi connectivity index (χ0n) is 27.7. The molecule has 0 aromatic carbocycles. The summed E-state index contributed by atoms with van der Waals surface area (Å²) < 4.78 is 66.7. The molecule has 10 nitrogen and oxygen atoms in total. The monoisotopic (exact) mass is 644 g/mol. The summed E-state index contributed by atoms with van der Waals surface area (Å²) in [4.78, 5) is 39.1. The molecular formula is C31H34F3N7O3S. The lowest BCUT2D eigenvalue weighted by Crippen LogP contribution is -2.55. The van der Waals surface area contributed by atoms with E-state index in [-0.39, 0.29) is 39.8 Å². The summed E-state index contributed by atoms with van der Waals surface area (Å²) in [5.74, 6) is 0.407. The maximum Gasteiger partial charge on any atom is 0.427 e. The van der Waals surface area contributed by atoms with Crippen LogP contribution >= 0.6 is 11.3 Å². The highest BCUT2D eigenvalue weighted by atomic mass is 32.1. The Morgan fingerprint density at radius 2 is 1.76 bits per heavy atom. The molecule has 2 bridgehead atoms. The molecule has 4 saturated carbocycles. The van der Waals surface area contributed by atoms with Crippen molar-refractivity contribution >= 4 is 39.9 Å². The molecule has 0 spiro atoms. The van der Waals surface area contributed by atoms with Crippen LogP contribution in [0.2, 0.25) is 0 Å². The molecule has 0 saturated heterocycles. The molecule has 4 heterocycles. The highest BCUT2D eigenvalue weighted by Crippen LogP contribution is 2.56. The molecule has 45 heavy (non-hydrogen) atoms. The quantitative estimate of drug-likeness (QED) is 0.240. The van der Waals surface area contributed by atoms with Gasteiger partial charge in [0.2, 0.25) is 5.91 Å². The number of anilines is 2. The number of carbonyl (C=O) groups excluding carboxylic acids is 1. The molecule has 238 valence electrons. The lowest BCUT2D eigenvalue weighted by molar-refractivity contribution is -0.140. The summed E-state index contributed by atoms with van der Waals surface area (Å²) in [5, 5.41) is 17.0. The predicted octanol–water partition coefficient (Wildman–Crippen LogP) is 5.57. The van der Waals surface area contributed by atoms with E-state index in [0.717, 1.165) is 23.6 Å². The van der Waals surface area contributed by atoms with E-state index in [0.29, 0.717) is 60.9 Å². The van der Waals surface area contributed by atoms with Gasteiger partial charge in [-0.1, -0.05) is 0 Å². The molecule has 0 atom stereocenters. The van der Waals surface area contributed by atoms with Crippen molar-refractivity contribution in [1.29, 1.82) is 0 Å². The Hall–Kier alpha value is -3.78. The Morgan fingerprint density at radius 3 is 2.36 bits per heavy atom. The van der Waals surface area contributed by atoms with Crippen molar-refractivity contribution in [2.75, 3.05) is 5.32 Å². The molecular weight excluding hydrogens is 607 g/mol. The van der Waals surface area contributed by atoms with Gasteiger partial charge in [-0.15, -0.1) is 11.3 Å². The van der Waals surface area contributed by atoms with Gasteiger partial charge >= 0.3 is 11.9 Å². The van der Waals surface area contributed by atoms with Gasteiger partial charge in [0.15, 0.2) is 0 Å². The Morgan fingerprint density at radius 1 is 1.04 bits per heavy atom. The molecule has 4 aliphatic carbocycles. The van der Waals surface area contributed by atoms with E-state index < -0.39 is 40.3 Å². The van der Waals surface area contributed by atoms with Crippen molar-refractivity contribution in [3.63, 3.8) is 0 Å². The van der Waals surface area contributed by atoms with Gasteiger partial charge in [-0.2, -0.15) is 13.2 Å². The van der Waals surface area contributed by atoms with Crippen LogP contribution in [0.5, 0.6) is 0 Å². The average Bonchev–Trinajstić information content (AvgIpc) is 3.55. The van der Waals surface area contributed by atoms with Gasteiger partial charge in [-0.25, -0.2) is 19.7 Å². The first-order valence-electron chi connectivity index (χ1n) is 16.4. The van der Waals surface area contributed by atoms with Gasteiger partial charge < -0.3 is 15.7 Å². The van der Waals surface area contributed by atoms with E-state index in [1.165, 1.54) is 32.2 Å². The van der Waals surface area contributed by atoms with Crippen LogP contribution in [0.15, 0.2) is 35.4 Å². The number of amides is 1. The second-order valence-electron chi connectivity index (χ2n) is 13.1. The third kappa shape index (κ3) is 5.21. The van der Waals surface area contributed by atoms with Crippen LogP contribution in [0.1, 0.15) is 79.8 Å². The highest BCUT2D eigenvalue weighted by molar-refractivity contribution is 7.15. The smallest absolute Gasteiger partial charge is 0.386 e. The number of aryl methyl sites for hydroxylation is 1. The molecule has 4 aromatic rings. The third-order valence-corrected chi connectivity index (χ3v) is 10.7. The Kier molecular flexibility index (Phi) is 5.94. The fourth-order valence-electron chi connectivity index (χ4n) is 6.74. The number of rotatable bonds is 7. The lowest BCUT2D eigenvalue weighted by atomic mass is 9.56. The molecule has 4 aliphatic rings. The summed E-state index contributed by atoms with van der Waals surface area (Å²) in [6.07, 6.45) is 2.77. The average molecular weight is 645 g/mol. The number of hydrogen-bond donors (Lipinski definition) is 3. The maximum absolute atomic E-state index is 14.0. The number of carbonyl (C=O) groups is 1. The van der Waals surface area contributed by atoms with Crippen LogP contribution in [-0.4, -0.2) is 41.1 Å². The molecule has 0 aliphatic heterocycles. The summed E-state index contributed by atoms with van der Waals surface area (Å²) >= 11 is 0.424. The Bertz CT molecular complexity index is 1970. The minimum absolute atomic E-state index is 0.000867. The number of hydrogen-bond acceptors (Lipinski definition) is 8. The van der Waals surface area contributed by atoms with Crippen LogP contribution in [0.25, 0.3) is 21.7 Å². The van der Waals surface area contributed by atoms with Crippen molar-refractivity contribution in [3.05, 3.63) is 51.5 Å². The van der Waals surface area contributed by atoms with E-state index in [9.17, 15) is 27.9 Å². The predicted molar refractivity (Wildman–Crippen MR) is 163 cm³/mol. The van der Waals surface area contributed by atoms with Crippen molar-refractivity contribution in [1.82, 2.24) is 29.4 Å². The largest absolute Gasteiger partial charge is 0.427 e. The molecule has 4 fully saturated rings. The minimum atomic E-state index is -4.58. The van der Waals surface area contributed by atoms with Gasteiger partial charge in [0.05, 0.1) is 29.0 Å². The van der Waals surface area contributed by atoms with E-state index in [2.05, 4.69) is 25.6 Å². The second-order valence-corrected chi connectivity index (χ2v) is 14.1. The van der Waals surface area contributed by atoms with Crippen LogP contribution in [-0.2, 0) is 29.1 Å². The number of imidazole rings is 1. The lowest BCUT2D eigenvalue weighted by Gasteiger charge is -2.52. The Labute approximate surface area is 264 Å². The van der Waals surface area contributed by atoms with Gasteiger partial charge in [0.1, 0.15) is 27.2 Å². The van der Waals surface area contributed by atoms with Gasteiger partial charge in [0, 0.05) is 34.2 Å². The number of pyridine rings is 2. The SMILES string of the molecule is [2H]C([2H])([2H])n1c(=O)n(C23CCC(C(=O)NC4CC4)(CC2)CC3)c2cc(Nc3cc(C(C)(C)O)cc(-c4ncc(C(F)(F)F)s4)n3)ncc21. The Balaban J connectivity index is 1.28. The van der Waals surface area contributed by atoms with Crippen molar-refractivity contribution in [2.24, 2.45) is 12.4 Å². The fourth-order valence-corrected chi connectivity index (χ4v) is 7.49. The van der Waals surface area contributed by atoms with Crippen molar-refractivity contribution in [2.45, 2.75) is 88.6 Å². The van der Waals surface area contributed by atoms with Crippen LogP contribution in [0.4, 0.5) is 24.8 Å². The summed E-state index contributed by atoms with van der Waals surface area (Å²) in [6, 6.07) is 4.80. The van der Waals surface area contributed by atoms with Gasteiger partial charge in [-0.3, -0.25) is 13.9 Å². The summed E-state index contributed by atoms with van der Waals surface area (Å²) in [7, 11) is 0. The molecule has 14 heteroatoms. The first-order chi connectivity index (χ1) is 22.4. The van der Waals surface area contributed by atoms with Crippen molar-refractivity contribution < 1.29 is 27.2 Å². The number of nitrogens with zero attached hydrogens (tertiary/aromatic N) is 5. The highest BCUT2D eigenvalue weighted by Gasteiger charge is 2.54. The molecule has 3 N–H and O–H groups in total. The molecule has 4 aromatic heterocycles.